The van der Waals surface area contributed by atoms with Gasteiger partial charge in [0.15, 0.2) is 12.4 Å². The van der Waals surface area contributed by atoms with Crippen molar-refractivity contribution in [1.82, 2.24) is 4.90 Å². The highest BCUT2D eigenvalue weighted by atomic mass is 16.5. The second kappa shape index (κ2) is 9.18. The first-order valence-corrected chi connectivity index (χ1v) is 10.7. The number of carbonyl (C=O) groups excluding carboxylic acids is 3. The number of carbonyl (C=O) groups is 3. The lowest BCUT2D eigenvalue weighted by atomic mass is 9.94. The standard InChI is InChI=1S/C27H25NO4/c1-18-11-12-19(2)24(15-18)26(30)22-9-5-6-10-23(22)27(31)32-17-25(29)28-14-13-20-7-3-4-8-21(20)16-28/h3-12,15H,13-14,16-17H2,1-2H3. The summed E-state index contributed by atoms with van der Waals surface area (Å²) in [6.45, 7) is 4.53. The van der Waals surface area contributed by atoms with Gasteiger partial charge in [-0.2, -0.15) is 0 Å². The van der Waals surface area contributed by atoms with Crippen molar-refractivity contribution in [2.24, 2.45) is 0 Å². The lowest BCUT2D eigenvalue weighted by molar-refractivity contribution is -0.135. The zero-order valence-electron chi connectivity index (χ0n) is 18.3. The van der Waals surface area contributed by atoms with E-state index in [0.29, 0.717) is 18.7 Å². The Morgan fingerprint density at radius 2 is 1.53 bits per heavy atom. The van der Waals surface area contributed by atoms with E-state index in [1.165, 1.54) is 5.56 Å². The Morgan fingerprint density at radius 1 is 0.844 bits per heavy atom. The Labute approximate surface area is 187 Å². The predicted octanol–water partition coefficient (Wildman–Crippen LogP) is 4.28. The average Bonchev–Trinajstić information content (AvgIpc) is 2.83. The van der Waals surface area contributed by atoms with Crippen LogP contribution in [0.2, 0.25) is 0 Å². The second-order valence-electron chi connectivity index (χ2n) is 8.10. The molecule has 0 atom stereocenters. The number of fused-ring (bicyclic) bond motifs is 1. The highest BCUT2D eigenvalue weighted by Gasteiger charge is 2.24. The summed E-state index contributed by atoms with van der Waals surface area (Å²) in [6, 6.07) is 20.2. The number of ether oxygens (including phenoxy) is 1. The van der Waals surface area contributed by atoms with Crippen LogP contribution in [0.4, 0.5) is 0 Å². The van der Waals surface area contributed by atoms with Gasteiger partial charge in [-0.15, -0.1) is 0 Å². The van der Waals surface area contributed by atoms with Crippen LogP contribution in [0.1, 0.15) is 48.5 Å². The molecule has 0 fully saturated rings. The maximum Gasteiger partial charge on any atom is 0.339 e. The van der Waals surface area contributed by atoms with Crippen LogP contribution in [0.3, 0.4) is 0 Å². The van der Waals surface area contributed by atoms with Crippen LogP contribution < -0.4 is 0 Å². The Kier molecular flexibility index (Phi) is 6.17. The molecule has 5 nitrogen and oxygen atoms in total. The van der Waals surface area contributed by atoms with Crippen LogP contribution in [0.15, 0.2) is 66.7 Å². The highest BCUT2D eigenvalue weighted by Crippen LogP contribution is 2.21. The first-order chi connectivity index (χ1) is 15.4. The molecule has 0 spiro atoms. The monoisotopic (exact) mass is 427 g/mol. The molecule has 4 rings (SSSR count). The van der Waals surface area contributed by atoms with Crippen molar-refractivity contribution in [1.29, 1.82) is 0 Å². The molecule has 0 N–H and O–H groups in total. The van der Waals surface area contributed by atoms with Crippen LogP contribution in [0.25, 0.3) is 0 Å². The molecule has 0 bridgehead atoms. The molecule has 0 saturated carbocycles. The van der Waals surface area contributed by atoms with Gasteiger partial charge in [-0.25, -0.2) is 4.79 Å². The highest BCUT2D eigenvalue weighted by molar-refractivity contribution is 6.15. The summed E-state index contributed by atoms with van der Waals surface area (Å²) in [4.78, 5) is 40.3. The van der Waals surface area contributed by atoms with Crippen molar-refractivity contribution < 1.29 is 19.1 Å². The first kappa shape index (κ1) is 21.5. The smallest absolute Gasteiger partial charge is 0.339 e. The van der Waals surface area contributed by atoms with Crippen molar-refractivity contribution in [2.45, 2.75) is 26.8 Å². The van der Waals surface area contributed by atoms with Gasteiger partial charge in [-0.05, 0) is 49.1 Å². The maximum absolute atomic E-state index is 13.2. The van der Waals surface area contributed by atoms with Crippen LogP contribution in [-0.2, 0) is 22.5 Å². The third-order valence-corrected chi connectivity index (χ3v) is 5.84. The van der Waals surface area contributed by atoms with Crippen molar-refractivity contribution in [3.05, 3.63) is 106 Å². The van der Waals surface area contributed by atoms with E-state index in [2.05, 4.69) is 6.07 Å². The van der Waals surface area contributed by atoms with Gasteiger partial charge in [0.05, 0.1) is 5.56 Å². The predicted molar refractivity (Wildman–Crippen MR) is 122 cm³/mol. The van der Waals surface area contributed by atoms with E-state index in [0.717, 1.165) is 23.1 Å². The zero-order chi connectivity index (χ0) is 22.7. The molecule has 1 aliphatic rings. The molecule has 0 aliphatic carbocycles. The fraction of sp³-hybridized carbons (Fsp3) is 0.222. The molecule has 32 heavy (non-hydrogen) atoms. The van der Waals surface area contributed by atoms with Gasteiger partial charge in [-0.1, -0.05) is 60.2 Å². The third kappa shape index (κ3) is 4.47. The minimum Gasteiger partial charge on any atom is -0.452 e. The third-order valence-electron chi connectivity index (χ3n) is 5.84. The van der Waals surface area contributed by atoms with E-state index >= 15 is 0 Å². The number of nitrogens with zero attached hydrogens (tertiary/aromatic N) is 1. The molecular formula is C27H25NO4. The van der Waals surface area contributed by atoms with Crippen molar-refractivity contribution in [2.75, 3.05) is 13.2 Å². The lowest BCUT2D eigenvalue weighted by Gasteiger charge is -2.28. The first-order valence-electron chi connectivity index (χ1n) is 10.7. The summed E-state index contributed by atoms with van der Waals surface area (Å²) in [6.07, 6.45) is 0.781. The number of hydrogen-bond acceptors (Lipinski definition) is 4. The van der Waals surface area contributed by atoms with Crippen LogP contribution in [-0.4, -0.2) is 35.7 Å². The van der Waals surface area contributed by atoms with E-state index < -0.39 is 5.97 Å². The molecule has 1 heterocycles. The Morgan fingerprint density at radius 3 is 2.31 bits per heavy atom. The van der Waals surface area contributed by atoms with Gasteiger partial charge < -0.3 is 9.64 Å². The second-order valence-corrected chi connectivity index (χ2v) is 8.10. The van der Waals surface area contributed by atoms with Crippen LogP contribution in [0, 0.1) is 13.8 Å². The van der Waals surface area contributed by atoms with Gasteiger partial charge in [-0.3, -0.25) is 9.59 Å². The molecular weight excluding hydrogens is 402 g/mol. The van der Waals surface area contributed by atoms with E-state index in [9.17, 15) is 14.4 Å². The summed E-state index contributed by atoms with van der Waals surface area (Å²) in [5, 5.41) is 0. The van der Waals surface area contributed by atoms with E-state index in [1.54, 1.807) is 29.2 Å². The molecule has 0 unspecified atom stereocenters. The number of aryl methyl sites for hydroxylation is 2. The SMILES string of the molecule is Cc1ccc(C)c(C(=O)c2ccccc2C(=O)OCC(=O)N2CCc3ccccc3C2)c1. The fourth-order valence-electron chi connectivity index (χ4n) is 3.99. The Bertz CT molecular complexity index is 1200. The van der Waals surface area contributed by atoms with E-state index in [4.69, 9.17) is 4.74 Å². The quantitative estimate of drug-likeness (QED) is 0.450. The van der Waals surface area contributed by atoms with Crippen molar-refractivity contribution >= 4 is 17.7 Å². The zero-order valence-corrected chi connectivity index (χ0v) is 18.3. The van der Waals surface area contributed by atoms with Crippen molar-refractivity contribution in [3.8, 4) is 0 Å². The largest absolute Gasteiger partial charge is 0.452 e. The number of rotatable bonds is 5. The molecule has 1 aliphatic heterocycles. The minimum atomic E-state index is -0.676. The number of hydrogen-bond donors (Lipinski definition) is 0. The average molecular weight is 428 g/mol. The van der Waals surface area contributed by atoms with Gasteiger partial charge in [0, 0.05) is 24.2 Å². The molecule has 3 aromatic carbocycles. The van der Waals surface area contributed by atoms with Gasteiger partial charge in [0.25, 0.3) is 5.91 Å². The lowest BCUT2D eigenvalue weighted by Crippen LogP contribution is -2.38. The van der Waals surface area contributed by atoms with E-state index in [-0.39, 0.29) is 29.4 Å². The van der Waals surface area contributed by atoms with E-state index in [1.807, 2.05) is 50.2 Å². The summed E-state index contributed by atoms with van der Waals surface area (Å²) in [5.41, 5.74) is 5.14. The summed E-state index contributed by atoms with van der Waals surface area (Å²) in [7, 11) is 0. The number of amides is 1. The topological polar surface area (TPSA) is 63.7 Å². The maximum atomic E-state index is 13.2. The van der Waals surface area contributed by atoms with Gasteiger partial charge >= 0.3 is 5.97 Å². The van der Waals surface area contributed by atoms with Crippen molar-refractivity contribution in [3.63, 3.8) is 0 Å². The van der Waals surface area contributed by atoms with Crippen LogP contribution in [0.5, 0.6) is 0 Å². The Balaban J connectivity index is 1.46. The molecule has 162 valence electrons. The normalized spacial score (nSPS) is 12.8. The summed E-state index contributed by atoms with van der Waals surface area (Å²) in [5.74, 6) is -1.16. The summed E-state index contributed by atoms with van der Waals surface area (Å²) < 4.78 is 5.33. The molecule has 1 amide bonds. The number of esters is 1. The molecule has 0 aromatic heterocycles. The van der Waals surface area contributed by atoms with Gasteiger partial charge in [0.2, 0.25) is 0 Å². The Hall–Kier alpha value is -3.73. The molecule has 3 aromatic rings. The molecule has 5 heteroatoms. The number of ketones is 1. The fourth-order valence-corrected chi connectivity index (χ4v) is 3.99. The molecule has 0 saturated heterocycles. The number of benzene rings is 3. The van der Waals surface area contributed by atoms with Gasteiger partial charge in [0.1, 0.15) is 0 Å². The summed E-state index contributed by atoms with van der Waals surface area (Å²) >= 11 is 0. The molecule has 0 radical (unpaired) electrons. The minimum absolute atomic E-state index is 0.162. The van der Waals surface area contributed by atoms with Crippen LogP contribution >= 0.6 is 0 Å².